The van der Waals surface area contributed by atoms with Gasteiger partial charge < -0.3 is 0 Å². The Hall–Kier alpha value is -1.11. The third kappa shape index (κ3) is 2.82. The molecule has 0 bridgehead atoms. The standard InChI is InChI=1S/C12H13Cl2N3O2S/c1-7(2)17-11(15-16-12(17)20(14,18)19)10-6-9(13)5-4-8(10)3/h4-7H,1-3H3. The number of benzene rings is 1. The summed E-state index contributed by atoms with van der Waals surface area (Å²) >= 11 is 5.99. The van der Waals surface area contributed by atoms with Crippen molar-refractivity contribution in [3.05, 3.63) is 28.8 Å². The summed E-state index contributed by atoms with van der Waals surface area (Å²) in [6.07, 6.45) is 0. The SMILES string of the molecule is Cc1ccc(Cl)cc1-c1nnc(S(=O)(=O)Cl)n1C(C)C. The van der Waals surface area contributed by atoms with Crippen LogP contribution in [0.1, 0.15) is 25.5 Å². The third-order valence-corrected chi connectivity index (χ3v) is 4.20. The van der Waals surface area contributed by atoms with Crippen LogP contribution >= 0.6 is 22.3 Å². The molecule has 0 atom stereocenters. The Kier molecular flexibility index (Phi) is 4.09. The highest BCUT2D eigenvalue weighted by molar-refractivity contribution is 8.13. The van der Waals surface area contributed by atoms with Gasteiger partial charge >= 0.3 is 0 Å². The van der Waals surface area contributed by atoms with Crippen molar-refractivity contribution in [3.63, 3.8) is 0 Å². The number of hydrogen-bond donors (Lipinski definition) is 0. The molecule has 1 aromatic carbocycles. The average molecular weight is 334 g/mol. The smallest absolute Gasteiger partial charge is 0.294 e. The van der Waals surface area contributed by atoms with Crippen molar-refractivity contribution in [2.45, 2.75) is 32.0 Å². The van der Waals surface area contributed by atoms with Crippen molar-refractivity contribution in [2.24, 2.45) is 0 Å². The molecule has 0 fully saturated rings. The molecule has 2 aromatic rings. The van der Waals surface area contributed by atoms with Crippen LogP contribution in [-0.2, 0) is 9.05 Å². The van der Waals surface area contributed by atoms with Crippen molar-refractivity contribution >= 4 is 31.3 Å². The first-order chi connectivity index (χ1) is 9.21. The zero-order chi connectivity index (χ0) is 15.1. The normalized spacial score (nSPS) is 12.1. The van der Waals surface area contributed by atoms with Gasteiger partial charge in [-0.1, -0.05) is 17.7 Å². The van der Waals surface area contributed by atoms with Crippen LogP contribution in [0, 0.1) is 6.92 Å². The van der Waals surface area contributed by atoms with Crippen molar-refractivity contribution in [2.75, 3.05) is 0 Å². The quantitative estimate of drug-likeness (QED) is 0.807. The lowest BCUT2D eigenvalue weighted by molar-refractivity contribution is 0.530. The van der Waals surface area contributed by atoms with Gasteiger partial charge in [0.05, 0.1) is 0 Å². The monoisotopic (exact) mass is 333 g/mol. The molecule has 0 saturated carbocycles. The van der Waals surface area contributed by atoms with Crippen LogP contribution < -0.4 is 0 Å². The molecule has 0 saturated heterocycles. The van der Waals surface area contributed by atoms with Gasteiger partial charge in [0.2, 0.25) is 0 Å². The zero-order valence-corrected chi connectivity index (χ0v) is 13.5. The van der Waals surface area contributed by atoms with E-state index in [-0.39, 0.29) is 11.2 Å². The Labute approximate surface area is 127 Å². The molecule has 0 radical (unpaired) electrons. The fraction of sp³-hybridized carbons (Fsp3) is 0.333. The lowest BCUT2D eigenvalue weighted by Crippen LogP contribution is -2.10. The molecule has 0 unspecified atom stereocenters. The van der Waals surface area contributed by atoms with Crippen LogP contribution in [0.2, 0.25) is 5.02 Å². The van der Waals surface area contributed by atoms with Gasteiger partial charge in [0.25, 0.3) is 14.2 Å². The Morgan fingerprint density at radius 3 is 2.45 bits per heavy atom. The topological polar surface area (TPSA) is 64.8 Å². The van der Waals surface area contributed by atoms with Gasteiger partial charge in [-0.2, -0.15) is 0 Å². The van der Waals surface area contributed by atoms with Gasteiger partial charge in [0.1, 0.15) is 0 Å². The molecule has 108 valence electrons. The summed E-state index contributed by atoms with van der Waals surface area (Å²) in [6, 6.07) is 5.16. The van der Waals surface area contributed by atoms with E-state index in [0.29, 0.717) is 10.8 Å². The van der Waals surface area contributed by atoms with Gasteiger partial charge in [-0.25, -0.2) is 8.42 Å². The molecule has 0 aliphatic rings. The maximum absolute atomic E-state index is 11.6. The fourth-order valence-corrected chi connectivity index (χ4v) is 3.09. The van der Waals surface area contributed by atoms with Gasteiger partial charge in [-0.05, 0) is 38.5 Å². The van der Waals surface area contributed by atoms with E-state index in [0.717, 1.165) is 11.1 Å². The summed E-state index contributed by atoms with van der Waals surface area (Å²) in [6.45, 7) is 5.55. The first kappa shape index (κ1) is 15.3. The molecule has 1 aromatic heterocycles. The minimum absolute atomic E-state index is 0.165. The van der Waals surface area contributed by atoms with Crippen LogP contribution in [0.4, 0.5) is 0 Å². The number of rotatable bonds is 3. The zero-order valence-electron chi connectivity index (χ0n) is 11.1. The van der Waals surface area contributed by atoms with Crippen molar-refractivity contribution in [1.82, 2.24) is 14.8 Å². The minimum atomic E-state index is -3.96. The maximum Gasteiger partial charge on any atom is 0.296 e. The maximum atomic E-state index is 11.6. The predicted molar refractivity (Wildman–Crippen MR) is 78.6 cm³/mol. The number of aryl methyl sites for hydroxylation is 1. The van der Waals surface area contributed by atoms with Crippen LogP contribution in [0.3, 0.4) is 0 Å². The molecular weight excluding hydrogens is 321 g/mol. The first-order valence-corrected chi connectivity index (χ1v) is 8.56. The molecule has 8 heteroatoms. The fourth-order valence-electron chi connectivity index (χ4n) is 1.93. The number of hydrogen-bond acceptors (Lipinski definition) is 4. The second kappa shape index (κ2) is 5.35. The van der Waals surface area contributed by atoms with Crippen LogP contribution in [-0.4, -0.2) is 23.2 Å². The molecule has 1 heterocycles. The van der Waals surface area contributed by atoms with E-state index in [1.165, 1.54) is 4.57 Å². The van der Waals surface area contributed by atoms with Gasteiger partial charge in [-0.15, -0.1) is 10.2 Å². The van der Waals surface area contributed by atoms with Crippen LogP contribution in [0.15, 0.2) is 23.4 Å². The van der Waals surface area contributed by atoms with Crippen molar-refractivity contribution < 1.29 is 8.42 Å². The van der Waals surface area contributed by atoms with Crippen LogP contribution in [0.25, 0.3) is 11.4 Å². The van der Waals surface area contributed by atoms with Crippen molar-refractivity contribution in [3.8, 4) is 11.4 Å². The highest BCUT2D eigenvalue weighted by Gasteiger charge is 2.25. The summed E-state index contributed by atoms with van der Waals surface area (Å²) in [7, 11) is 1.44. The summed E-state index contributed by atoms with van der Waals surface area (Å²) in [4.78, 5) is 0. The van der Waals surface area contributed by atoms with E-state index in [2.05, 4.69) is 10.2 Å². The summed E-state index contributed by atoms with van der Waals surface area (Å²) < 4.78 is 24.6. The molecule has 0 aliphatic carbocycles. The van der Waals surface area contributed by atoms with Gasteiger partial charge in [-0.3, -0.25) is 4.57 Å². The highest BCUT2D eigenvalue weighted by atomic mass is 35.7. The molecule has 0 amide bonds. The average Bonchev–Trinajstić information content (AvgIpc) is 2.76. The first-order valence-electron chi connectivity index (χ1n) is 5.88. The number of aromatic nitrogens is 3. The Morgan fingerprint density at radius 2 is 1.90 bits per heavy atom. The van der Waals surface area contributed by atoms with E-state index in [1.54, 1.807) is 12.1 Å². The Balaban J connectivity index is 2.76. The molecule has 5 nitrogen and oxygen atoms in total. The van der Waals surface area contributed by atoms with Gasteiger partial charge in [0.15, 0.2) is 5.82 Å². The molecule has 0 aliphatic heterocycles. The van der Waals surface area contributed by atoms with E-state index in [4.69, 9.17) is 22.3 Å². The molecule has 0 spiro atoms. The summed E-state index contributed by atoms with van der Waals surface area (Å²) in [5.41, 5.74) is 1.65. The molecule has 0 N–H and O–H groups in total. The molecule has 2 rings (SSSR count). The third-order valence-electron chi connectivity index (χ3n) is 2.84. The molecule has 20 heavy (non-hydrogen) atoms. The Morgan fingerprint density at radius 1 is 1.25 bits per heavy atom. The second-order valence-corrected chi connectivity index (χ2v) is 7.56. The largest absolute Gasteiger partial charge is 0.296 e. The summed E-state index contributed by atoms with van der Waals surface area (Å²) in [5.74, 6) is 0.430. The van der Waals surface area contributed by atoms with Crippen LogP contribution in [0.5, 0.6) is 0 Å². The predicted octanol–water partition coefficient (Wildman–Crippen LogP) is 3.42. The lowest BCUT2D eigenvalue weighted by Gasteiger charge is -2.14. The summed E-state index contributed by atoms with van der Waals surface area (Å²) in [5, 5.41) is 7.95. The lowest BCUT2D eigenvalue weighted by atomic mass is 10.1. The van der Waals surface area contributed by atoms with Gasteiger partial charge in [0, 0.05) is 27.3 Å². The molecular formula is C12H13Cl2N3O2S. The van der Waals surface area contributed by atoms with E-state index in [9.17, 15) is 8.42 Å². The van der Waals surface area contributed by atoms with E-state index in [1.807, 2.05) is 26.8 Å². The number of halogens is 2. The van der Waals surface area contributed by atoms with Crippen molar-refractivity contribution in [1.29, 1.82) is 0 Å². The highest BCUT2D eigenvalue weighted by Crippen LogP contribution is 2.30. The second-order valence-electron chi connectivity index (χ2n) is 4.67. The number of nitrogens with zero attached hydrogens (tertiary/aromatic N) is 3. The van der Waals surface area contributed by atoms with E-state index >= 15 is 0 Å². The minimum Gasteiger partial charge on any atom is -0.294 e. The van der Waals surface area contributed by atoms with E-state index < -0.39 is 9.05 Å². The Bertz CT molecular complexity index is 754.